The van der Waals surface area contributed by atoms with Crippen LogP contribution in [0, 0.1) is 12.8 Å². The lowest BCUT2D eigenvalue weighted by Crippen LogP contribution is -2.30. The first kappa shape index (κ1) is 10.0. The first-order valence-electron chi connectivity index (χ1n) is 6.21. The van der Waals surface area contributed by atoms with Crippen molar-refractivity contribution >= 4 is 5.57 Å². The van der Waals surface area contributed by atoms with E-state index >= 15 is 0 Å². The van der Waals surface area contributed by atoms with E-state index in [4.69, 9.17) is 0 Å². The molecule has 2 atom stereocenters. The Hall–Kier alpha value is -1.15. The van der Waals surface area contributed by atoms with Gasteiger partial charge in [-0.1, -0.05) is 12.1 Å². The second-order valence-electron chi connectivity index (χ2n) is 4.91. The highest BCUT2D eigenvalue weighted by molar-refractivity contribution is 5.70. The molecule has 2 aliphatic rings. The van der Waals surface area contributed by atoms with Crippen LogP contribution in [0.2, 0.25) is 0 Å². The molecule has 0 spiro atoms. The fourth-order valence-corrected chi connectivity index (χ4v) is 2.95. The summed E-state index contributed by atoms with van der Waals surface area (Å²) in [5.74, 6) is 0.848. The molecule has 0 aromatic carbocycles. The third-order valence-corrected chi connectivity index (χ3v) is 3.83. The van der Waals surface area contributed by atoms with Crippen molar-refractivity contribution in [1.82, 2.24) is 10.3 Å². The van der Waals surface area contributed by atoms with Crippen LogP contribution in [0.4, 0.5) is 0 Å². The normalized spacial score (nSPS) is 28.7. The highest BCUT2D eigenvalue weighted by Gasteiger charge is 2.32. The SMILES string of the molecule is Cc1ccc(C2=CCC[C@H]3CCN[C@@H]23)cn1. The van der Waals surface area contributed by atoms with E-state index in [1.807, 2.05) is 13.1 Å². The third-order valence-electron chi connectivity index (χ3n) is 3.83. The van der Waals surface area contributed by atoms with Crippen LogP contribution in [0.3, 0.4) is 0 Å². The van der Waals surface area contributed by atoms with Gasteiger partial charge in [-0.3, -0.25) is 4.98 Å². The minimum Gasteiger partial charge on any atom is -0.310 e. The summed E-state index contributed by atoms with van der Waals surface area (Å²) in [4.78, 5) is 4.40. The van der Waals surface area contributed by atoms with Crippen LogP contribution in [-0.4, -0.2) is 17.6 Å². The average molecular weight is 214 g/mol. The van der Waals surface area contributed by atoms with Gasteiger partial charge in [-0.15, -0.1) is 0 Å². The van der Waals surface area contributed by atoms with Crippen molar-refractivity contribution in [3.8, 4) is 0 Å². The summed E-state index contributed by atoms with van der Waals surface area (Å²) in [6, 6.07) is 4.89. The van der Waals surface area contributed by atoms with Crippen LogP contribution in [0.5, 0.6) is 0 Å². The second-order valence-corrected chi connectivity index (χ2v) is 4.91. The predicted octanol–water partition coefficient (Wildman–Crippen LogP) is 2.55. The van der Waals surface area contributed by atoms with E-state index in [-0.39, 0.29) is 0 Å². The molecule has 3 rings (SSSR count). The number of nitrogens with zero attached hydrogens (tertiary/aromatic N) is 1. The molecule has 2 nitrogen and oxygen atoms in total. The summed E-state index contributed by atoms with van der Waals surface area (Å²) in [7, 11) is 0. The van der Waals surface area contributed by atoms with Gasteiger partial charge in [0.15, 0.2) is 0 Å². The van der Waals surface area contributed by atoms with Crippen LogP contribution in [0.25, 0.3) is 5.57 Å². The summed E-state index contributed by atoms with van der Waals surface area (Å²) in [6.45, 7) is 3.21. The molecule has 1 saturated heterocycles. The van der Waals surface area contributed by atoms with Crippen molar-refractivity contribution in [2.24, 2.45) is 5.92 Å². The molecule has 16 heavy (non-hydrogen) atoms. The molecule has 0 saturated carbocycles. The molecule has 0 bridgehead atoms. The smallest absolute Gasteiger partial charge is 0.0373 e. The molecule has 2 heterocycles. The Kier molecular flexibility index (Phi) is 2.52. The topological polar surface area (TPSA) is 24.9 Å². The van der Waals surface area contributed by atoms with Crippen LogP contribution in [0.15, 0.2) is 24.4 Å². The number of nitrogens with one attached hydrogen (secondary N) is 1. The molecular formula is C14H18N2. The Labute approximate surface area is 96.8 Å². The fourth-order valence-electron chi connectivity index (χ4n) is 2.95. The van der Waals surface area contributed by atoms with Crippen molar-refractivity contribution in [3.05, 3.63) is 35.7 Å². The molecule has 1 N–H and O–H groups in total. The molecule has 0 radical (unpaired) electrons. The van der Waals surface area contributed by atoms with Gasteiger partial charge in [-0.25, -0.2) is 0 Å². The van der Waals surface area contributed by atoms with Crippen molar-refractivity contribution in [2.45, 2.75) is 32.2 Å². The minimum absolute atomic E-state index is 0.582. The number of hydrogen-bond donors (Lipinski definition) is 1. The largest absolute Gasteiger partial charge is 0.310 e. The molecule has 1 fully saturated rings. The van der Waals surface area contributed by atoms with Gasteiger partial charge in [-0.05, 0) is 55.9 Å². The van der Waals surface area contributed by atoms with Gasteiger partial charge in [0, 0.05) is 17.9 Å². The molecule has 2 heteroatoms. The number of allylic oxidation sites excluding steroid dienone is 1. The van der Waals surface area contributed by atoms with Crippen LogP contribution >= 0.6 is 0 Å². The first-order valence-corrected chi connectivity index (χ1v) is 6.21. The number of hydrogen-bond acceptors (Lipinski definition) is 2. The van der Waals surface area contributed by atoms with Crippen molar-refractivity contribution in [3.63, 3.8) is 0 Å². The predicted molar refractivity (Wildman–Crippen MR) is 66.1 cm³/mol. The number of rotatable bonds is 1. The zero-order valence-corrected chi connectivity index (χ0v) is 9.74. The Morgan fingerprint density at radius 1 is 1.31 bits per heavy atom. The molecular weight excluding hydrogens is 196 g/mol. The monoisotopic (exact) mass is 214 g/mol. The van der Waals surface area contributed by atoms with Gasteiger partial charge in [0.2, 0.25) is 0 Å². The van der Waals surface area contributed by atoms with E-state index in [9.17, 15) is 0 Å². The molecule has 1 aliphatic heterocycles. The lowest BCUT2D eigenvalue weighted by Gasteiger charge is -2.27. The summed E-state index contributed by atoms with van der Waals surface area (Å²) in [5, 5.41) is 3.63. The number of fused-ring (bicyclic) bond motifs is 1. The number of pyridine rings is 1. The van der Waals surface area contributed by atoms with Gasteiger partial charge in [0.25, 0.3) is 0 Å². The molecule has 1 aromatic rings. The second kappa shape index (κ2) is 4.02. The highest BCUT2D eigenvalue weighted by Crippen LogP contribution is 2.35. The van der Waals surface area contributed by atoms with E-state index in [2.05, 4.69) is 28.5 Å². The summed E-state index contributed by atoms with van der Waals surface area (Å²) in [6.07, 6.45) is 8.32. The van der Waals surface area contributed by atoms with Crippen LogP contribution in [0.1, 0.15) is 30.5 Å². The van der Waals surface area contributed by atoms with Gasteiger partial charge in [-0.2, -0.15) is 0 Å². The molecule has 1 aliphatic carbocycles. The Morgan fingerprint density at radius 2 is 2.25 bits per heavy atom. The van der Waals surface area contributed by atoms with Gasteiger partial charge in [0.05, 0.1) is 0 Å². The maximum atomic E-state index is 4.40. The minimum atomic E-state index is 0.582. The summed E-state index contributed by atoms with van der Waals surface area (Å²) < 4.78 is 0. The van der Waals surface area contributed by atoms with E-state index in [0.717, 1.165) is 11.6 Å². The first-order chi connectivity index (χ1) is 7.84. The molecule has 0 unspecified atom stereocenters. The number of aryl methyl sites for hydroxylation is 1. The van der Waals surface area contributed by atoms with Crippen molar-refractivity contribution < 1.29 is 0 Å². The quantitative estimate of drug-likeness (QED) is 0.777. The van der Waals surface area contributed by atoms with Crippen LogP contribution < -0.4 is 5.32 Å². The van der Waals surface area contributed by atoms with E-state index in [0.29, 0.717) is 6.04 Å². The molecule has 0 amide bonds. The van der Waals surface area contributed by atoms with Gasteiger partial charge in [0.1, 0.15) is 0 Å². The van der Waals surface area contributed by atoms with E-state index in [1.165, 1.54) is 36.9 Å². The van der Waals surface area contributed by atoms with Crippen molar-refractivity contribution in [1.29, 1.82) is 0 Å². The fraction of sp³-hybridized carbons (Fsp3) is 0.500. The average Bonchev–Trinajstić information content (AvgIpc) is 2.78. The lowest BCUT2D eigenvalue weighted by molar-refractivity contribution is 0.470. The van der Waals surface area contributed by atoms with Gasteiger partial charge < -0.3 is 5.32 Å². The maximum Gasteiger partial charge on any atom is 0.0373 e. The Bertz CT molecular complexity index is 405. The Balaban J connectivity index is 1.93. The van der Waals surface area contributed by atoms with Gasteiger partial charge >= 0.3 is 0 Å². The lowest BCUT2D eigenvalue weighted by atomic mass is 9.82. The Morgan fingerprint density at radius 3 is 3.06 bits per heavy atom. The highest BCUT2D eigenvalue weighted by atomic mass is 15.0. The third kappa shape index (κ3) is 1.67. The van der Waals surface area contributed by atoms with E-state index < -0.39 is 0 Å². The standard InChI is InChI=1S/C14H18N2/c1-10-5-6-12(9-16-10)13-4-2-3-11-7-8-15-14(11)13/h4-6,9,11,14-15H,2-3,7-8H2,1H3/t11-,14+/m0/s1. The van der Waals surface area contributed by atoms with E-state index in [1.54, 1.807) is 0 Å². The molecule has 1 aromatic heterocycles. The number of aromatic nitrogens is 1. The van der Waals surface area contributed by atoms with Crippen molar-refractivity contribution in [2.75, 3.05) is 6.54 Å². The van der Waals surface area contributed by atoms with Crippen LogP contribution in [-0.2, 0) is 0 Å². The molecule has 84 valence electrons. The zero-order valence-electron chi connectivity index (χ0n) is 9.74. The summed E-state index contributed by atoms with van der Waals surface area (Å²) in [5.41, 5.74) is 3.87. The summed E-state index contributed by atoms with van der Waals surface area (Å²) >= 11 is 0. The maximum absolute atomic E-state index is 4.40. The zero-order chi connectivity index (χ0) is 11.0.